The van der Waals surface area contributed by atoms with Crippen molar-refractivity contribution in [3.63, 3.8) is 0 Å². The van der Waals surface area contributed by atoms with E-state index in [1.54, 1.807) is 12.1 Å². The molecule has 1 aliphatic rings. The Morgan fingerprint density at radius 2 is 1.64 bits per heavy atom. The summed E-state index contributed by atoms with van der Waals surface area (Å²) in [5.74, 6) is -0.447. The van der Waals surface area contributed by atoms with Crippen LogP contribution in [0, 0.1) is 5.82 Å². The summed E-state index contributed by atoms with van der Waals surface area (Å²) in [5, 5.41) is 4.41. The molecule has 1 aromatic heterocycles. The molecule has 0 unspecified atom stereocenters. The van der Waals surface area contributed by atoms with Gasteiger partial charge in [0.15, 0.2) is 0 Å². The highest BCUT2D eigenvalue weighted by atomic mass is 32.2. The zero-order valence-corrected chi connectivity index (χ0v) is 17.4. The monoisotopic (exact) mass is 402 g/mol. The largest absolute Gasteiger partial charge is 0.345 e. The van der Waals surface area contributed by atoms with Gasteiger partial charge in [-0.2, -0.15) is 0 Å². The standard InChI is InChI=1S/C20H21FN2O2S.C2H6/c1-2-23-19-8-7-16(26(24,25)15-5-3-14(21)4-6-15)13-18(19)17-9-11-22-12-10-20(17)23;1-2/h3-8,13,22H,2,9-12H2,1H3;1-2H3. The summed E-state index contributed by atoms with van der Waals surface area (Å²) in [4.78, 5) is 0.366. The molecule has 0 bridgehead atoms. The highest BCUT2D eigenvalue weighted by Crippen LogP contribution is 2.32. The van der Waals surface area contributed by atoms with Gasteiger partial charge in [-0.25, -0.2) is 12.8 Å². The van der Waals surface area contributed by atoms with Gasteiger partial charge in [0.1, 0.15) is 5.82 Å². The number of fused-ring (bicyclic) bond motifs is 3. The molecular weight excluding hydrogens is 375 g/mol. The Hall–Kier alpha value is -2.18. The topological polar surface area (TPSA) is 51.1 Å². The molecule has 0 fully saturated rings. The van der Waals surface area contributed by atoms with Crippen molar-refractivity contribution in [3.05, 3.63) is 59.5 Å². The number of rotatable bonds is 3. The molecule has 4 rings (SSSR count). The Morgan fingerprint density at radius 1 is 1.00 bits per heavy atom. The first-order chi connectivity index (χ1) is 13.5. The van der Waals surface area contributed by atoms with Crippen molar-refractivity contribution >= 4 is 20.7 Å². The van der Waals surface area contributed by atoms with Crippen molar-refractivity contribution in [2.24, 2.45) is 0 Å². The van der Waals surface area contributed by atoms with E-state index in [0.29, 0.717) is 0 Å². The summed E-state index contributed by atoms with van der Waals surface area (Å²) in [5.41, 5.74) is 3.62. The molecule has 3 aromatic rings. The van der Waals surface area contributed by atoms with Gasteiger partial charge in [-0.1, -0.05) is 13.8 Å². The molecule has 2 aromatic carbocycles. The van der Waals surface area contributed by atoms with Gasteiger partial charge >= 0.3 is 0 Å². The van der Waals surface area contributed by atoms with E-state index in [4.69, 9.17) is 0 Å². The van der Waals surface area contributed by atoms with Crippen LogP contribution in [-0.4, -0.2) is 26.1 Å². The third-order valence-corrected chi connectivity index (χ3v) is 6.87. The highest BCUT2D eigenvalue weighted by Gasteiger charge is 2.22. The lowest BCUT2D eigenvalue weighted by atomic mass is 10.1. The van der Waals surface area contributed by atoms with E-state index in [9.17, 15) is 12.8 Å². The lowest BCUT2D eigenvalue weighted by molar-refractivity contribution is 0.595. The molecule has 0 amide bonds. The number of sulfone groups is 1. The van der Waals surface area contributed by atoms with E-state index in [0.717, 1.165) is 43.4 Å². The lowest BCUT2D eigenvalue weighted by Gasteiger charge is -2.08. The fourth-order valence-corrected chi connectivity index (χ4v) is 5.13. The minimum Gasteiger partial charge on any atom is -0.345 e. The third kappa shape index (κ3) is 3.59. The van der Waals surface area contributed by atoms with Gasteiger partial charge in [-0.05, 0) is 67.9 Å². The maximum absolute atomic E-state index is 13.2. The maximum Gasteiger partial charge on any atom is 0.206 e. The van der Waals surface area contributed by atoms with Crippen LogP contribution in [-0.2, 0) is 29.2 Å². The molecule has 0 saturated carbocycles. The van der Waals surface area contributed by atoms with Crippen molar-refractivity contribution in [1.29, 1.82) is 0 Å². The number of hydrogen-bond acceptors (Lipinski definition) is 3. The second-order valence-electron chi connectivity index (χ2n) is 6.56. The van der Waals surface area contributed by atoms with Crippen LogP contribution < -0.4 is 5.32 Å². The van der Waals surface area contributed by atoms with E-state index < -0.39 is 15.7 Å². The van der Waals surface area contributed by atoms with Crippen LogP contribution in [0.1, 0.15) is 32.0 Å². The van der Waals surface area contributed by atoms with Crippen LogP contribution in [0.5, 0.6) is 0 Å². The zero-order valence-electron chi connectivity index (χ0n) is 16.6. The van der Waals surface area contributed by atoms with Crippen molar-refractivity contribution in [2.45, 2.75) is 49.9 Å². The van der Waals surface area contributed by atoms with Gasteiger partial charge in [0.05, 0.1) is 9.79 Å². The predicted molar refractivity (Wildman–Crippen MR) is 111 cm³/mol. The average molecular weight is 403 g/mol. The van der Waals surface area contributed by atoms with E-state index in [1.807, 2.05) is 19.9 Å². The van der Waals surface area contributed by atoms with E-state index in [1.165, 1.54) is 35.5 Å². The van der Waals surface area contributed by atoms with Crippen LogP contribution in [0.4, 0.5) is 4.39 Å². The van der Waals surface area contributed by atoms with Gasteiger partial charge in [-0.15, -0.1) is 0 Å². The molecule has 4 nitrogen and oxygen atoms in total. The summed E-state index contributed by atoms with van der Waals surface area (Å²) >= 11 is 0. The Balaban J connectivity index is 0.00000109. The normalized spacial score (nSPS) is 14.1. The van der Waals surface area contributed by atoms with Gasteiger partial charge in [0.2, 0.25) is 9.84 Å². The SMILES string of the molecule is CC.CCn1c2c(c3cc(S(=O)(=O)c4ccc(F)cc4)ccc31)CCNCC2. The van der Waals surface area contributed by atoms with E-state index >= 15 is 0 Å². The molecule has 150 valence electrons. The van der Waals surface area contributed by atoms with Crippen molar-refractivity contribution < 1.29 is 12.8 Å². The molecule has 0 radical (unpaired) electrons. The van der Waals surface area contributed by atoms with Crippen LogP contribution in [0.2, 0.25) is 0 Å². The quantitative estimate of drug-likeness (QED) is 0.663. The molecule has 0 atom stereocenters. The van der Waals surface area contributed by atoms with Gasteiger partial charge in [0.25, 0.3) is 0 Å². The smallest absolute Gasteiger partial charge is 0.206 e. The van der Waals surface area contributed by atoms with Crippen LogP contribution in [0.3, 0.4) is 0 Å². The molecule has 0 aliphatic carbocycles. The number of nitrogens with one attached hydrogen (secondary N) is 1. The highest BCUT2D eigenvalue weighted by molar-refractivity contribution is 7.91. The van der Waals surface area contributed by atoms with Crippen LogP contribution >= 0.6 is 0 Å². The number of nitrogens with zero attached hydrogens (tertiary/aromatic N) is 1. The summed E-state index contributed by atoms with van der Waals surface area (Å²) in [7, 11) is -3.67. The van der Waals surface area contributed by atoms with Crippen LogP contribution in [0.15, 0.2) is 52.3 Å². The molecule has 28 heavy (non-hydrogen) atoms. The molecule has 6 heteroatoms. The summed E-state index contributed by atoms with van der Waals surface area (Å²) in [6.45, 7) is 8.80. The zero-order chi connectivity index (χ0) is 20.3. The Kier molecular flexibility index (Phi) is 6.20. The van der Waals surface area contributed by atoms with Crippen molar-refractivity contribution in [2.75, 3.05) is 13.1 Å². The fourth-order valence-electron chi connectivity index (χ4n) is 3.84. The summed E-state index contributed by atoms with van der Waals surface area (Å²) in [6, 6.07) is 10.3. The van der Waals surface area contributed by atoms with E-state index in [-0.39, 0.29) is 9.79 Å². The maximum atomic E-state index is 13.2. The first-order valence-electron chi connectivity index (χ1n) is 9.87. The molecular formula is C22H27FN2O2S. The van der Waals surface area contributed by atoms with Gasteiger partial charge in [-0.3, -0.25) is 0 Å². The minimum atomic E-state index is -3.67. The van der Waals surface area contributed by atoms with Crippen molar-refractivity contribution in [1.82, 2.24) is 9.88 Å². The number of aryl methyl sites for hydroxylation is 1. The molecule has 0 spiro atoms. The summed E-state index contributed by atoms with van der Waals surface area (Å²) < 4.78 is 41.4. The molecule has 0 saturated heterocycles. The van der Waals surface area contributed by atoms with Gasteiger partial charge < -0.3 is 9.88 Å². The van der Waals surface area contributed by atoms with Crippen LogP contribution in [0.25, 0.3) is 10.9 Å². The first-order valence-corrected chi connectivity index (χ1v) is 11.4. The molecule has 2 heterocycles. The first kappa shape index (κ1) is 20.6. The fraction of sp³-hybridized carbons (Fsp3) is 0.364. The summed E-state index contributed by atoms with van der Waals surface area (Å²) in [6.07, 6.45) is 1.83. The lowest BCUT2D eigenvalue weighted by Crippen LogP contribution is -2.17. The predicted octanol–water partition coefficient (Wildman–Crippen LogP) is 4.35. The molecule has 1 aliphatic heterocycles. The number of halogens is 1. The van der Waals surface area contributed by atoms with Gasteiger partial charge in [0, 0.05) is 36.1 Å². The second-order valence-corrected chi connectivity index (χ2v) is 8.51. The second kappa shape index (κ2) is 8.45. The Morgan fingerprint density at radius 3 is 2.32 bits per heavy atom. The number of hydrogen-bond donors (Lipinski definition) is 1. The minimum absolute atomic E-state index is 0.112. The number of benzene rings is 2. The Bertz CT molecular complexity index is 1070. The Labute approximate surface area is 166 Å². The number of aromatic nitrogens is 1. The third-order valence-electron chi connectivity index (χ3n) is 5.10. The average Bonchev–Trinajstić information content (AvgIpc) is 2.84. The van der Waals surface area contributed by atoms with Crippen molar-refractivity contribution in [3.8, 4) is 0 Å². The van der Waals surface area contributed by atoms with E-state index in [2.05, 4.69) is 16.8 Å². The molecule has 1 N–H and O–H groups in total.